The molecule has 0 N–H and O–H groups in total. The molecule has 2 atom stereocenters. The van der Waals surface area contributed by atoms with Gasteiger partial charge < -0.3 is 0 Å². The number of carbonyl (C=O) groups excluding carboxylic acids is 1. The van der Waals surface area contributed by atoms with E-state index < -0.39 is 4.32 Å². The summed E-state index contributed by atoms with van der Waals surface area (Å²) in [4.78, 5) is 12.5. The van der Waals surface area contributed by atoms with Crippen molar-refractivity contribution in [2.75, 3.05) is 0 Å². The smallest absolute Gasteiger partial charge is 0.180 e. The highest BCUT2D eigenvalue weighted by molar-refractivity contribution is 9.10. The van der Waals surface area contributed by atoms with Gasteiger partial charge >= 0.3 is 0 Å². The van der Waals surface area contributed by atoms with E-state index in [-0.39, 0.29) is 5.78 Å². The van der Waals surface area contributed by atoms with Crippen LogP contribution in [-0.2, 0) is 0 Å². The second-order valence-corrected chi connectivity index (χ2v) is 6.14. The highest BCUT2D eigenvalue weighted by atomic mass is 79.9. The molecule has 18 heavy (non-hydrogen) atoms. The first-order valence-corrected chi connectivity index (χ1v) is 6.85. The SMILES string of the molecule is O=C(c1ccccc1)[C@]1(Br)C[C@H]1c1ccccc1. The lowest BCUT2D eigenvalue weighted by molar-refractivity contribution is 0.0981. The van der Waals surface area contributed by atoms with Gasteiger partial charge in [0.05, 0.1) is 4.32 Å². The van der Waals surface area contributed by atoms with E-state index in [1.54, 1.807) is 0 Å². The minimum absolute atomic E-state index is 0.192. The van der Waals surface area contributed by atoms with Gasteiger partial charge in [-0.2, -0.15) is 0 Å². The van der Waals surface area contributed by atoms with Gasteiger partial charge in [0.1, 0.15) is 0 Å². The van der Waals surface area contributed by atoms with E-state index in [1.807, 2.05) is 48.5 Å². The Bertz CT molecular complexity index is 564. The normalized spacial score (nSPS) is 25.7. The van der Waals surface area contributed by atoms with E-state index in [0.717, 1.165) is 12.0 Å². The molecule has 0 unspecified atom stereocenters. The largest absolute Gasteiger partial charge is 0.293 e. The van der Waals surface area contributed by atoms with Crippen LogP contribution in [0.5, 0.6) is 0 Å². The number of rotatable bonds is 3. The Labute approximate surface area is 115 Å². The van der Waals surface area contributed by atoms with Crippen molar-refractivity contribution in [1.82, 2.24) is 0 Å². The van der Waals surface area contributed by atoms with Crippen LogP contribution in [0.15, 0.2) is 60.7 Å². The first-order valence-electron chi connectivity index (χ1n) is 6.05. The fourth-order valence-electron chi connectivity index (χ4n) is 2.39. The van der Waals surface area contributed by atoms with E-state index >= 15 is 0 Å². The molecule has 3 rings (SSSR count). The maximum Gasteiger partial charge on any atom is 0.180 e. The van der Waals surface area contributed by atoms with E-state index in [4.69, 9.17) is 0 Å². The Morgan fingerprint density at radius 3 is 2.17 bits per heavy atom. The van der Waals surface area contributed by atoms with Crippen LogP contribution in [0, 0.1) is 0 Å². The summed E-state index contributed by atoms with van der Waals surface area (Å²) < 4.78 is -0.393. The van der Waals surface area contributed by atoms with E-state index in [0.29, 0.717) is 5.92 Å². The van der Waals surface area contributed by atoms with Crippen molar-refractivity contribution in [3.63, 3.8) is 0 Å². The predicted octanol–water partition coefficient (Wildman–Crippen LogP) is 4.19. The number of ketones is 1. The number of Topliss-reactive ketones (excluding diaryl/α,β-unsaturated/α-hetero) is 1. The average Bonchev–Trinajstić information content (AvgIpc) is 3.14. The zero-order valence-corrected chi connectivity index (χ0v) is 11.4. The zero-order chi connectivity index (χ0) is 12.6. The lowest BCUT2D eigenvalue weighted by atomic mass is 10.0. The third-order valence-corrected chi connectivity index (χ3v) is 4.75. The summed E-state index contributed by atoms with van der Waals surface area (Å²) in [6, 6.07) is 19.7. The van der Waals surface area contributed by atoms with Gasteiger partial charge in [-0.05, 0) is 12.0 Å². The van der Waals surface area contributed by atoms with Gasteiger partial charge in [0, 0.05) is 11.5 Å². The van der Waals surface area contributed by atoms with E-state index in [1.165, 1.54) is 5.56 Å². The maximum absolute atomic E-state index is 12.5. The molecule has 0 aromatic heterocycles. The van der Waals surface area contributed by atoms with Crippen LogP contribution >= 0.6 is 15.9 Å². The molecule has 0 heterocycles. The lowest BCUT2D eigenvalue weighted by Gasteiger charge is -2.08. The molecule has 2 heteroatoms. The summed E-state index contributed by atoms with van der Waals surface area (Å²) in [6.45, 7) is 0. The predicted molar refractivity (Wildman–Crippen MR) is 76.2 cm³/mol. The van der Waals surface area contributed by atoms with Gasteiger partial charge in [-0.3, -0.25) is 4.79 Å². The molecule has 0 saturated heterocycles. The molecule has 90 valence electrons. The van der Waals surface area contributed by atoms with Crippen molar-refractivity contribution in [3.8, 4) is 0 Å². The van der Waals surface area contributed by atoms with Crippen LogP contribution in [0.2, 0.25) is 0 Å². The van der Waals surface area contributed by atoms with E-state index in [9.17, 15) is 4.79 Å². The third kappa shape index (κ3) is 1.91. The molecular formula is C16H13BrO. The monoisotopic (exact) mass is 300 g/mol. The first kappa shape index (κ1) is 11.7. The van der Waals surface area contributed by atoms with Crippen LogP contribution in [-0.4, -0.2) is 10.1 Å². The van der Waals surface area contributed by atoms with Crippen LogP contribution in [0.25, 0.3) is 0 Å². The van der Waals surface area contributed by atoms with Crippen molar-refractivity contribution in [3.05, 3.63) is 71.8 Å². The van der Waals surface area contributed by atoms with Gasteiger partial charge in [0.2, 0.25) is 0 Å². The van der Waals surface area contributed by atoms with Crippen LogP contribution in [0.4, 0.5) is 0 Å². The molecule has 1 nitrogen and oxygen atoms in total. The molecule has 1 aliphatic carbocycles. The van der Waals surface area contributed by atoms with Crippen molar-refractivity contribution in [2.45, 2.75) is 16.7 Å². The van der Waals surface area contributed by atoms with Gasteiger partial charge in [-0.1, -0.05) is 76.6 Å². The van der Waals surface area contributed by atoms with Crippen molar-refractivity contribution in [1.29, 1.82) is 0 Å². The molecule has 2 aromatic rings. The minimum Gasteiger partial charge on any atom is -0.293 e. The summed E-state index contributed by atoms with van der Waals surface area (Å²) in [5.41, 5.74) is 2.02. The Morgan fingerprint density at radius 1 is 1.00 bits per heavy atom. The minimum atomic E-state index is -0.393. The number of carbonyl (C=O) groups is 1. The maximum atomic E-state index is 12.5. The molecule has 0 aliphatic heterocycles. The van der Waals surface area contributed by atoms with Crippen molar-refractivity contribution in [2.24, 2.45) is 0 Å². The van der Waals surface area contributed by atoms with Crippen molar-refractivity contribution >= 4 is 21.7 Å². The summed E-state index contributed by atoms with van der Waals surface area (Å²) in [6.07, 6.45) is 0.880. The fraction of sp³-hybridized carbons (Fsp3) is 0.188. The molecule has 0 bridgehead atoms. The van der Waals surface area contributed by atoms with E-state index in [2.05, 4.69) is 28.1 Å². The second kappa shape index (κ2) is 4.36. The zero-order valence-electron chi connectivity index (χ0n) is 9.84. The quantitative estimate of drug-likeness (QED) is 0.613. The van der Waals surface area contributed by atoms with Crippen LogP contribution in [0.1, 0.15) is 28.3 Å². The van der Waals surface area contributed by atoms with Gasteiger partial charge in [-0.25, -0.2) is 0 Å². The fourth-order valence-corrected chi connectivity index (χ4v) is 3.20. The molecule has 0 spiro atoms. The Kier molecular flexibility index (Phi) is 2.83. The highest BCUT2D eigenvalue weighted by Gasteiger charge is 2.58. The van der Waals surface area contributed by atoms with Gasteiger partial charge in [-0.15, -0.1) is 0 Å². The van der Waals surface area contributed by atoms with Crippen LogP contribution in [0.3, 0.4) is 0 Å². The second-order valence-electron chi connectivity index (χ2n) is 4.73. The number of hydrogen-bond acceptors (Lipinski definition) is 1. The summed E-state index contributed by atoms with van der Waals surface area (Å²) in [7, 11) is 0. The number of halogens is 1. The Hall–Kier alpha value is -1.41. The molecule has 2 aromatic carbocycles. The molecule has 1 fully saturated rings. The summed E-state index contributed by atoms with van der Waals surface area (Å²) in [5.74, 6) is 0.489. The standard InChI is InChI=1S/C16H13BrO/c17-16(15(18)13-9-5-2-6-10-13)11-14(16)12-7-3-1-4-8-12/h1-10,14H,11H2/t14-,16-/m0/s1. The Morgan fingerprint density at radius 2 is 1.56 bits per heavy atom. The molecule has 0 radical (unpaired) electrons. The lowest BCUT2D eigenvalue weighted by Crippen LogP contribution is -2.17. The van der Waals surface area contributed by atoms with Gasteiger partial charge in [0.25, 0.3) is 0 Å². The number of hydrogen-bond donors (Lipinski definition) is 0. The third-order valence-electron chi connectivity index (χ3n) is 3.51. The molecular weight excluding hydrogens is 288 g/mol. The topological polar surface area (TPSA) is 17.1 Å². The van der Waals surface area contributed by atoms with Crippen molar-refractivity contribution < 1.29 is 4.79 Å². The first-order chi connectivity index (χ1) is 8.72. The summed E-state index contributed by atoms with van der Waals surface area (Å²) >= 11 is 3.65. The highest BCUT2D eigenvalue weighted by Crippen LogP contribution is 2.59. The molecule has 1 aliphatic rings. The number of benzene rings is 2. The summed E-state index contributed by atoms with van der Waals surface area (Å²) in [5, 5.41) is 0. The van der Waals surface area contributed by atoms with Gasteiger partial charge in [0.15, 0.2) is 5.78 Å². The molecule has 1 saturated carbocycles. The Balaban J connectivity index is 1.85. The molecule has 0 amide bonds. The van der Waals surface area contributed by atoms with Crippen LogP contribution < -0.4 is 0 Å². The average molecular weight is 301 g/mol. The number of alkyl halides is 1.